The van der Waals surface area contributed by atoms with E-state index >= 15 is 0 Å². The van der Waals surface area contributed by atoms with E-state index in [0.717, 1.165) is 51.4 Å². The lowest BCUT2D eigenvalue weighted by atomic mass is 9.90. The summed E-state index contributed by atoms with van der Waals surface area (Å²) in [7, 11) is 0. The fourth-order valence-electron chi connectivity index (χ4n) is 3.76. The van der Waals surface area contributed by atoms with E-state index in [1.165, 1.54) is 25.7 Å². The number of likely N-dealkylation sites (tertiary alicyclic amines) is 1. The van der Waals surface area contributed by atoms with E-state index in [9.17, 15) is 4.79 Å². The minimum Gasteiger partial charge on any atom is -0.368 e. The first-order chi connectivity index (χ1) is 10.1. The van der Waals surface area contributed by atoms with E-state index in [1.807, 2.05) is 0 Å². The standard InChI is InChI=1S/C17H33N3O/c1-3-10-19-17(16(18)21,15-7-8-15)13-20-11-5-6-14(4-2)9-12-20/h14-15,19H,3-13H2,1-2H3,(H2,18,21). The maximum Gasteiger partial charge on any atom is 0.239 e. The van der Waals surface area contributed by atoms with Crippen LogP contribution in [0.2, 0.25) is 0 Å². The number of carbonyl (C=O) groups is 1. The van der Waals surface area contributed by atoms with Crippen molar-refractivity contribution in [1.29, 1.82) is 0 Å². The lowest BCUT2D eigenvalue weighted by molar-refractivity contribution is -0.126. The van der Waals surface area contributed by atoms with Crippen molar-refractivity contribution < 1.29 is 4.79 Å². The second-order valence-electron chi connectivity index (χ2n) is 7.02. The van der Waals surface area contributed by atoms with Crippen LogP contribution in [0.4, 0.5) is 0 Å². The molecule has 4 heteroatoms. The number of rotatable bonds is 8. The van der Waals surface area contributed by atoms with Gasteiger partial charge in [0.2, 0.25) is 5.91 Å². The molecule has 1 heterocycles. The molecule has 122 valence electrons. The maximum atomic E-state index is 12.2. The Morgan fingerprint density at radius 2 is 2.00 bits per heavy atom. The Hall–Kier alpha value is -0.610. The molecule has 2 rings (SSSR count). The fourth-order valence-corrected chi connectivity index (χ4v) is 3.76. The summed E-state index contributed by atoms with van der Waals surface area (Å²) in [6, 6.07) is 0. The molecule has 0 aromatic rings. The Morgan fingerprint density at radius 3 is 2.57 bits per heavy atom. The molecular formula is C17H33N3O. The first-order valence-electron chi connectivity index (χ1n) is 8.89. The van der Waals surface area contributed by atoms with Crippen molar-refractivity contribution in [2.24, 2.45) is 17.6 Å². The highest BCUT2D eigenvalue weighted by atomic mass is 16.1. The summed E-state index contributed by atoms with van der Waals surface area (Å²) < 4.78 is 0. The molecule has 21 heavy (non-hydrogen) atoms. The number of primary amides is 1. The quantitative estimate of drug-likeness (QED) is 0.721. The molecule has 3 N–H and O–H groups in total. The Bertz CT molecular complexity index is 343. The number of nitrogens with zero attached hydrogens (tertiary/aromatic N) is 1. The third-order valence-electron chi connectivity index (χ3n) is 5.40. The molecule has 1 amide bonds. The second-order valence-corrected chi connectivity index (χ2v) is 7.02. The summed E-state index contributed by atoms with van der Waals surface area (Å²) in [6.45, 7) is 8.36. The molecule has 4 nitrogen and oxygen atoms in total. The number of nitrogens with one attached hydrogen (secondary N) is 1. The van der Waals surface area contributed by atoms with E-state index in [-0.39, 0.29) is 5.91 Å². The van der Waals surface area contributed by atoms with Crippen LogP contribution in [-0.4, -0.2) is 42.5 Å². The molecular weight excluding hydrogens is 262 g/mol. The molecule has 1 aliphatic carbocycles. The average molecular weight is 295 g/mol. The molecule has 0 aromatic heterocycles. The van der Waals surface area contributed by atoms with E-state index in [0.29, 0.717) is 5.92 Å². The average Bonchev–Trinajstić information content (AvgIpc) is 3.30. The highest BCUT2D eigenvalue weighted by Crippen LogP contribution is 2.40. The molecule has 2 fully saturated rings. The van der Waals surface area contributed by atoms with Gasteiger partial charge in [0, 0.05) is 6.54 Å². The topological polar surface area (TPSA) is 58.4 Å². The van der Waals surface area contributed by atoms with Crippen molar-refractivity contribution >= 4 is 5.91 Å². The van der Waals surface area contributed by atoms with E-state index in [1.54, 1.807) is 0 Å². The van der Waals surface area contributed by atoms with Gasteiger partial charge in [0.15, 0.2) is 0 Å². The van der Waals surface area contributed by atoms with Crippen molar-refractivity contribution in [2.75, 3.05) is 26.2 Å². The third kappa shape index (κ3) is 4.19. The van der Waals surface area contributed by atoms with Gasteiger partial charge in [-0.1, -0.05) is 20.3 Å². The Kier molecular flexibility index (Phi) is 6.06. The summed E-state index contributed by atoms with van der Waals surface area (Å²) in [4.78, 5) is 14.7. The molecule has 2 atom stereocenters. The SMILES string of the molecule is CCCNC(CN1CCCC(CC)CC1)(C(N)=O)C1CC1. The van der Waals surface area contributed by atoms with Crippen LogP contribution < -0.4 is 11.1 Å². The maximum absolute atomic E-state index is 12.2. The van der Waals surface area contributed by atoms with E-state index in [2.05, 4.69) is 24.1 Å². The summed E-state index contributed by atoms with van der Waals surface area (Å²) >= 11 is 0. The van der Waals surface area contributed by atoms with Crippen LogP contribution in [0.1, 0.15) is 58.8 Å². The number of nitrogens with two attached hydrogens (primary N) is 1. The predicted octanol–water partition coefficient (Wildman–Crippen LogP) is 2.13. The van der Waals surface area contributed by atoms with Gasteiger partial charge in [0.05, 0.1) is 0 Å². The number of hydrogen-bond donors (Lipinski definition) is 2. The van der Waals surface area contributed by atoms with Gasteiger partial charge in [-0.2, -0.15) is 0 Å². The summed E-state index contributed by atoms with van der Waals surface area (Å²) in [6.07, 6.45) is 8.47. The van der Waals surface area contributed by atoms with Crippen molar-refractivity contribution in [2.45, 2.75) is 64.3 Å². The molecule has 2 aliphatic rings. The summed E-state index contributed by atoms with van der Waals surface area (Å²) in [5.74, 6) is 1.17. The normalized spacial score (nSPS) is 27.0. The molecule has 0 aromatic carbocycles. The van der Waals surface area contributed by atoms with E-state index in [4.69, 9.17) is 5.73 Å². The molecule has 0 bridgehead atoms. The largest absolute Gasteiger partial charge is 0.368 e. The van der Waals surface area contributed by atoms with Crippen LogP contribution in [0.5, 0.6) is 0 Å². The first-order valence-corrected chi connectivity index (χ1v) is 8.89. The Labute approximate surface area is 129 Å². The van der Waals surface area contributed by atoms with Gasteiger partial charge in [-0.3, -0.25) is 4.79 Å². The van der Waals surface area contributed by atoms with Crippen LogP contribution in [-0.2, 0) is 4.79 Å². The van der Waals surface area contributed by atoms with Crippen molar-refractivity contribution in [1.82, 2.24) is 10.2 Å². The first kappa shape index (κ1) is 16.8. The third-order valence-corrected chi connectivity index (χ3v) is 5.40. The van der Waals surface area contributed by atoms with Gasteiger partial charge in [-0.05, 0) is 70.0 Å². The number of hydrogen-bond acceptors (Lipinski definition) is 3. The highest BCUT2D eigenvalue weighted by molar-refractivity contribution is 5.86. The zero-order chi connectivity index (χ0) is 15.3. The minimum absolute atomic E-state index is 0.144. The molecule has 0 radical (unpaired) electrons. The zero-order valence-electron chi connectivity index (χ0n) is 13.9. The van der Waals surface area contributed by atoms with Gasteiger partial charge in [0.25, 0.3) is 0 Å². The predicted molar refractivity (Wildman–Crippen MR) is 87.0 cm³/mol. The molecule has 2 unspecified atom stereocenters. The number of carbonyl (C=O) groups excluding carboxylic acids is 1. The zero-order valence-corrected chi connectivity index (χ0v) is 13.9. The monoisotopic (exact) mass is 295 g/mol. The smallest absolute Gasteiger partial charge is 0.239 e. The van der Waals surface area contributed by atoms with Gasteiger partial charge in [0.1, 0.15) is 5.54 Å². The van der Waals surface area contributed by atoms with Crippen LogP contribution >= 0.6 is 0 Å². The van der Waals surface area contributed by atoms with Crippen LogP contribution in [0.15, 0.2) is 0 Å². The van der Waals surface area contributed by atoms with Gasteiger partial charge in [-0.25, -0.2) is 0 Å². The number of amides is 1. The summed E-state index contributed by atoms with van der Waals surface area (Å²) in [5, 5.41) is 3.52. The molecule has 1 saturated heterocycles. The lowest BCUT2D eigenvalue weighted by Crippen LogP contribution is -2.63. The molecule has 0 spiro atoms. The van der Waals surface area contributed by atoms with Gasteiger partial charge in [-0.15, -0.1) is 0 Å². The fraction of sp³-hybridized carbons (Fsp3) is 0.941. The van der Waals surface area contributed by atoms with Crippen molar-refractivity contribution in [3.05, 3.63) is 0 Å². The highest BCUT2D eigenvalue weighted by Gasteiger charge is 2.50. The molecule has 1 aliphatic heterocycles. The summed E-state index contributed by atoms with van der Waals surface area (Å²) in [5.41, 5.74) is 5.35. The second kappa shape index (κ2) is 7.59. The van der Waals surface area contributed by atoms with Gasteiger partial charge >= 0.3 is 0 Å². The van der Waals surface area contributed by atoms with Crippen molar-refractivity contribution in [3.8, 4) is 0 Å². The Morgan fingerprint density at radius 1 is 1.24 bits per heavy atom. The van der Waals surface area contributed by atoms with Crippen molar-refractivity contribution in [3.63, 3.8) is 0 Å². The Balaban J connectivity index is 2.02. The van der Waals surface area contributed by atoms with Crippen LogP contribution in [0, 0.1) is 11.8 Å². The minimum atomic E-state index is -0.484. The van der Waals surface area contributed by atoms with Gasteiger partial charge < -0.3 is 16.0 Å². The molecule has 1 saturated carbocycles. The lowest BCUT2D eigenvalue weighted by Gasteiger charge is -2.37. The van der Waals surface area contributed by atoms with E-state index < -0.39 is 5.54 Å². The van der Waals surface area contributed by atoms with Crippen LogP contribution in [0.25, 0.3) is 0 Å². The van der Waals surface area contributed by atoms with Crippen LogP contribution in [0.3, 0.4) is 0 Å².